The third-order valence-corrected chi connectivity index (χ3v) is 8.59. The number of nitrogens with zero attached hydrogens (tertiary/aromatic N) is 5. The number of methoxy groups -OCH3 is 3. The standard InChI is InChI=1S/C35H34ClFN6O4/c1-45-24-7-4-22(5-8-24)20-42-14-16-43(17-15-42)21-23-6-11-29(40-19-23)41-35(44)26-10-9-25(33-34(26)39-13-12-38-33)30-31(36)27(46-2)18-28(47-3)32(30)37/h4-13,18-19H,14-17,20-21H2,1-3H3,(H,40,41,44). The number of anilines is 1. The summed E-state index contributed by atoms with van der Waals surface area (Å²) in [4.78, 5) is 31.6. The molecule has 0 saturated carbocycles. The zero-order valence-electron chi connectivity index (χ0n) is 26.3. The van der Waals surface area contributed by atoms with Crippen molar-refractivity contribution in [2.45, 2.75) is 13.1 Å². The Bertz CT molecular complexity index is 1850. The molecular formula is C35H34ClFN6O4. The van der Waals surface area contributed by atoms with Gasteiger partial charge in [-0.25, -0.2) is 9.37 Å². The maximum atomic E-state index is 15.5. The number of benzene rings is 3. The van der Waals surface area contributed by atoms with E-state index in [1.54, 1.807) is 31.5 Å². The van der Waals surface area contributed by atoms with E-state index in [4.69, 9.17) is 25.8 Å². The molecule has 1 aliphatic heterocycles. The zero-order chi connectivity index (χ0) is 32.9. The second-order valence-corrected chi connectivity index (χ2v) is 11.5. The monoisotopic (exact) mass is 656 g/mol. The largest absolute Gasteiger partial charge is 0.497 e. The molecule has 0 spiro atoms. The number of carbonyl (C=O) groups excluding carboxylic acids is 1. The molecule has 0 bridgehead atoms. The fourth-order valence-corrected chi connectivity index (χ4v) is 6.01. The van der Waals surface area contributed by atoms with Gasteiger partial charge in [-0.05, 0) is 35.4 Å². The van der Waals surface area contributed by atoms with Crippen LogP contribution in [0.4, 0.5) is 10.2 Å². The van der Waals surface area contributed by atoms with Crippen LogP contribution in [0.1, 0.15) is 21.5 Å². The van der Waals surface area contributed by atoms with E-state index in [-0.39, 0.29) is 33.2 Å². The molecule has 242 valence electrons. The zero-order valence-corrected chi connectivity index (χ0v) is 27.1. The predicted octanol–water partition coefficient (Wildman–Crippen LogP) is 6.08. The molecule has 5 aromatic rings. The molecular weight excluding hydrogens is 623 g/mol. The van der Waals surface area contributed by atoms with Gasteiger partial charge in [-0.1, -0.05) is 35.9 Å². The third-order valence-electron chi connectivity index (χ3n) is 8.22. The van der Waals surface area contributed by atoms with Gasteiger partial charge < -0.3 is 19.5 Å². The number of halogens is 2. The minimum atomic E-state index is -0.679. The van der Waals surface area contributed by atoms with Gasteiger partial charge in [-0.3, -0.25) is 24.6 Å². The lowest BCUT2D eigenvalue weighted by Crippen LogP contribution is -2.45. The molecule has 1 aliphatic rings. The molecule has 0 atom stereocenters. The average molecular weight is 657 g/mol. The van der Waals surface area contributed by atoms with Crippen molar-refractivity contribution in [3.05, 3.63) is 101 Å². The van der Waals surface area contributed by atoms with Crippen molar-refractivity contribution in [3.63, 3.8) is 0 Å². The van der Waals surface area contributed by atoms with Gasteiger partial charge in [-0.15, -0.1) is 0 Å². The van der Waals surface area contributed by atoms with Crippen molar-refractivity contribution in [3.8, 4) is 28.4 Å². The van der Waals surface area contributed by atoms with E-state index in [1.807, 2.05) is 18.2 Å². The highest BCUT2D eigenvalue weighted by molar-refractivity contribution is 6.35. The average Bonchev–Trinajstić information content (AvgIpc) is 3.10. The molecule has 1 N–H and O–H groups in total. The van der Waals surface area contributed by atoms with Crippen LogP contribution < -0.4 is 19.5 Å². The second-order valence-electron chi connectivity index (χ2n) is 11.1. The van der Waals surface area contributed by atoms with Gasteiger partial charge in [0.25, 0.3) is 5.91 Å². The van der Waals surface area contributed by atoms with Gasteiger partial charge in [-0.2, -0.15) is 0 Å². The van der Waals surface area contributed by atoms with E-state index in [2.05, 4.69) is 42.2 Å². The minimum absolute atomic E-state index is 0.0382. The van der Waals surface area contributed by atoms with Gasteiger partial charge in [0.15, 0.2) is 11.6 Å². The number of nitrogens with one attached hydrogen (secondary N) is 1. The first-order valence-corrected chi connectivity index (χ1v) is 15.4. The number of carbonyl (C=O) groups is 1. The molecule has 1 amide bonds. The number of hydrogen-bond donors (Lipinski definition) is 1. The van der Waals surface area contributed by atoms with Gasteiger partial charge in [0, 0.05) is 75.1 Å². The summed E-state index contributed by atoms with van der Waals surface area (Å²) in [6.07, 6.45) is 4.72. The lowest BCUT2D eigenvalue weighted by atomic mass is 9.99. The quantitative estimate of drug-likeness (QED) is 0.192. The summed E-state index contributed by atoms with van der Waals surface area (Å²) in [5.41, 5.74) is 3.53. The number of rotatable bonds is 10. The van der Waals surface area contributed by atoms with Crippen LogP contribution in [0.2, 0.25) is 5.02 Å². The van der Waals surface area contributed by atoms with E-state index in [0.29, 0.717) is 16.9 Å². The topological polar surface area (TPSA) is 102 Å². The maximum absolute atomic E-state index is 15.5. The van der Waals surface area contributed by atoms with Gasteiger partial charge >= 0.3 is 0 Å². The summed E-state index contributed by atoms with van der Waals surface area (Å²) in [5, 5.41) is 2.90. The number of ether oxygens (including phenoxy) is 3. The summed E-state index contributed by atoms with van der Waals surface area (Å²) < 4.78 is 31.3. The Morgan fingerprint density at radius 3 is 2.06 bits per heavy atom. The second kappa shape index (κ2) is 14.3. The molecule has 2 aromatic heterocycles. The fourth-order valence-electron chi connectivity index (χ4n) is 5.69. The summed E-state index contributed by atoms with van der Waals surface area (Å²) >= 11 is 6.54. The predicted molar refractivity (Wildman–Crippen MR) is 179 cm³/mol. The fraction of sp³-hybridized carbons (Fsp3) is 0.257. The van der Waals surface area contributed by atoms with Crippen molar-refractivity contribution < 1.29 is 23.4 Å². The molecule has 0 radical (unpaired) electrons. The molecule has 12 heteroatoms. The highest BCUT2D eigenvalue weighted by atomic mass is 35.5. The Morgan fingerprint density at radius 1 is 0.809 bits per heavy atom. The number of piperazine rings is 1. The summed E-state index contributed by atoms with van der Waals surface area (Å²) in [5.74, 6) is 0.356. The summed E-state index contributed by atoms with van der Waals surface area (Å²) in [7, 11) is 4.46. The molecule has 0 aliphatic carbocycles. The normalized spacial score (nSPS) is 13.8. The van der Waals surface area contributed by atoms with E-state index in [1.165, 1.54) is 38.2 Å². The highest BCUT2D eigenvalue weighted by Crippen LogP contribution is 2.44. The van der Waals surface area contributed by atoms with Crippen LogP contribution in [0.15, 0.2) is 73.2 Å². The first kappa shape index (κ1) is 32.1. The number of aromatic nitrogens is 3. The molecule has 10 nitrogen and oxygen atoms in total. The van der Waals surface area contributed by atoms with Crippen LogP contribution in [0.25, 0.3) is 22.2 Å². The van der Waals surface area contributed by atoms with Crippen LogP contribution in [0.3, 0.4) is 0 Å². The van der Waals surface area contributed by atoms with Crippen LogP contribution in [0, 0.1) is 5.82 Å². The van der Waals surface area contributed by atoms with E-state index >= 15 is 4.39 Å². The lowest BCUT2D eigenvalue weighted by molar-refractivity contribution is 0.102. The molecule has 0 unspecified atom stereocenters. The first-order chi connectivity index (χ1) is 22.9. The molecule has 3 heterocycles. The Kier molecular flexibility index (Phi) is 9.76. The van der Waals surface area contributed by atoms with Gasteiger partial charge in [0.1, 0.15) is 22.8 Å². The Morgan fingerprint density at radius 2 is 1.45 bits per heavy atom. The van der Waals surface area contributed by atoms with E-state index in [9.17, 15) is 4.79 Å². The summed E-state index contributed by atoms with van der Waals surface area (Å²) in [6, 6.07) is 16.5. The van der Waals surface area contributed by atoms with Crippen LogP contribution in [0.5, 0.6) is 17.2 Å². The molecule has 47 heavy (non-hydrogen) atoms. The van der Waals surface area contributed by atoms with E-state index in [0.717, 1.165) is 50.6 Å². The number of fused-ring (bicyclic) bond motifs is 1. The Hall–Kier alpha value is -4.84. The van der Waals surface area contributed by atoms with Gasteiger partial charge in [0.05, 0.1) is 37.4 Å². The van der Waals surface area contributed by atoms with Crippen molar-refractivity contribution in [2.75, 3.05) is 52.8 Å². The van der Waals surface area contributed by atoms with Crippen LogP contribution >= 0.6 is 11.6 Å². The highest BCUT2D eigenvalue weighted by Gasteiger charge is 2.24. The van der Waals surface area contributed by atoms with Crippen molar-refractivity contribution >= 4 is 34.4 Å². The minimum Gasteiger partial charge on any atom is -0.497 e. The lowest BCUT2D eigenvalue weighted by Gasteiger charge is -2.34. The van der Waals surface area contributed by atoms with Crippen molar-refractivity contribution in [2.24, 2.45) is 0 Å². The maximum Gasteiger partial charge on any atom is 0.259 e. The van der Waals surface area contributed by atoms with Crippen LogP contribution in [-0.2, 0) is 13.1 Å². The van der Waals surface area contributed by atoms with Gasteiger partial charge in [0.2, 0.25) is 0 Å². The van der Waals surface area contributed by atoms with Crippen molar-refractivity contribution in [1.29, 1.82) is 0 Å². The Labute approximate surface area is 277 Å². The number of pyridine rings is 1. The molecule has 1 fully saturated rings. The van der Waals surface area contributed by atoms with Crippen LogP contribution in [-0.4, -0.2) is 78.2 Å². The third kappa shape index (κ3) is 6.97. The number of hydrogen-bond acceptors (Lipinski definition) is 9. The first-order valence-electron chi connectivity index (χ1n) is 15.1. The SMILES string of the molecule is COc1ccc(CN2CCN(Cc3ccc(NC(=O)c4ccc(-c5c(F)c(OC)cc(OC)c5Cl)c5nccnc45)nc3)CC2)cc1. The Balaban J connectivity index is 1.12. The summed E-state index contributed by atoms with van der Waals surface area (Å²) in [6.45, 7) is 5.55. The smallest absolute Gasteiger partial charge is 0.259 e. The molecule has 3 aromatic carbocycles. The van der Waals surface area contributed by atoms with E-state index < -0.39 is 11.7 Å². The molecule has 6 rings (SSSR count). The number of amides is 1. The van der Waals surface area contributed by atoms with Crippen molar-refractivity contribution in [1.82, 2.24) is 24.8 Å². The molecule has 1 saturated heterocycles.